The van der Waals surface area contributed by atoms with Gasteiger partial charge in [0.15, 0.2) is 0 Å². The molecule has 5 aliphatic rings. The number of phenolic OH excluding ortho intramolecular Hbond substituents is 1. The summed E-state index contributed by atoms with van der Waals surface area (Å²) in [5.74, 6) is 3.02. The zero-order valence-corrected chi connectivity index (χ0v) is 28.8. The summed E-state index contributed by atoms with van der Waals surface area (Å²) in [5.41, 5.74) is 11.0. The van der Waals surface area contributed by atoms with E-state index < -0.39 is 0 Å². The average Bonchev–Trinajstić information content (AvgIpc) is 3.61. The molecule has 1 saturated heterocycles. The Balaban J connectivity index is 0.962. The van der Waals surface area contributed by atoms with Gasteiger partial charge in [-0.3, -0.25) is 5.01 Å². The van der Waals surface area contributed by atoms with Crippen molar-refractivity contribution >= 4 is 0 Å². The molecule has 6 N–H and O–H groups in total. The number of aryl methyl sites for hydroxylation is 1. The van der Waals surface area contributed by atoms with E-state index in [1.807, 2.05) is 17.1 Å². The molecule has 0 bridgehead atoms. The molecule has 0 amide bonds. The molecule has 3 unspecified atom stereocenters. The number of aliphatic hydroxyl groups is 1. The van der Waals surface area contributed by atoms with Crippen LogP contribution in [-0.4, -0.2) is 68.4 Å². The lowest BCUT2D eigenvalue weighted by Crippen LogP contribution is -2.62. The maximum atomic E-state index is 11.2. The molecule has 2 saturated carbocycles. The summed E-state index contributed by atoms with van der Waals surface area (Å²) in [6, 6.07) is 15.0. The van der Waals surface area contributed by atoms with E-state index in [1.54, 1.807) is 0 Å². The molecule has 9 heteroatoms. The average molecular weight is 646 g/mol. The van der Waals surface area contributed by atoms with Gasteiger partial charge >= 0.3 is 0 Å². The molecule has 0 spiro atoms. The molecule has 3 fully saturated rings. The first kappa shape index (κ1) is 32.7. The minimum absolute atomic E-state index is 0.0572. The molecule has 7 rings (SSSR count). The number of aromatic hydroxyl groups is 1. The van der Waals surface area contributed by atoms with Crippen molar-refractivity contribution in [3.63, 3.8) is 0 Å². The largest absolute Gasteiger partial charge is 0.508 e. The zero-order valence-electron chi connectivity index (χ0n) is 28.8. The number of nitrogens with one attached hydrogen (secondary N) is 3. The Bertz CT molecular complexity index is 1460. The second-order valence-corrected chi connectivity index (χ2v) is 16.6. The number of hydrogen-bond donors (Lipinski definition) is 6. The molecule has 256 valence electrons. The minimum Gasteiger partial charge on any atom is -0.508 e. The van der Waals surface area contributed by atoms with Gasteiger partial charge in [0.05, 0.1) is 18.3 Å². The molecule has 3 aliphatic carbocycles. The molecule has 0 radical (unpaired) electrons. The highest BCUT2D eigenvalue weighted by Crippen LogP contribution is 2.65. The number of aliphatic hydroxyl groups excluding tert-OH is 1. The smallest absolute Gasteiger partial charge is 0.119 e. The van der Waals surface area contributed by atoms with Crippen LogP contribution in [-0.2, 0) is 6.42 Å². The van der Waals surface area contributed by atoms with Gasteiger partial charge in [-0.25, -0.2) is 0 Å². The van der Waals surface area contributed by atoms with E-state index in [0.717, 1.165) is 62.9 Å². The molecular weight excluding hydrogens is 590 g/mol. The van der Waals surface area contributed by atoms with E-state index in [-0.39, 0.29) is 22.6 Å². The predicted molar refractivity (Wildman–Crippen MR) is 183 cm³/mol. The zero-order chi connectivity index (χ0) is 33.1. The first-order valence-electron chi connectivity index (χ1n) is 17.8. The number of hydrogen-bond acceptors (Lipinski definition) is 9. The third-order valence-corrected chi connectivity index (χ3v) is 12.5. The third kappa shape index (κ3) is 6.14. The van der Waals surface area contributed by atoms with E-state index >= 15 is 0 Å². The maximum absolute atomic E-state index is 11.2. The molecule has 2 heterocycles. The number of fused-ring (bicyclic) bond motifs is 5. The molecule has 9 nitrogen and oxygen atoms in total. The van der Waals surface area contributed by atoms with Crippen LogP contribution >= 0.6 is 0 Å². The predicted octanol–water partition coefficient (Wildman–Crippen LogP) is 5.55. The lowest BCUT2D eigenvalue weighted by molar-refractivity contribution is -0.246. The molecular formula is C38H55N5O4. The normalized spacial score (nSPS) is 33.0. The van der Waals surface area contributed by atoms with Crippen LogP contribution in [0.2, 0.25) is 0 Å². The van der Waals surface area contributed by atoms with Crippen molar-refractivity contribution in [2.24, 2.45) is 17.3 Å². The fourth-order valence-corrected chi connectivity index (χ4v) is 10.3. The van der Waals surface area contributed by atoms with E-state index in [4.69, 9.17) is 4.74 Å². The highest BCUT2D eigenvalue weighted by Gasteiger charge is 2.57. The fraction of sp³-hybridized carbons (Fsp3) is 0.632. The minimum atomic E-state index is -0.276. The number of hydroxylamine groups is 2. The molecule has 47 heavy (non-hydrogen) atoms. The number of phenols is 1. The molecule has 2 aromatic rings. The van der Waals surface area contributed by atoms with Crippen molar-refractivity contribution in [1.82, 2.24) is 26.3 Å². The standard InChI is InChI=1S/C38H55N5O4/c1-36(2)19-26(20-37(3,4)43(36)46)39-22-27-23-42(41-40-27)16-17-47-29-10-6-24(7-11-29)32-21-38(5)33(14-15-34(38)45)31-12-8-25-18-28(44)9-13-30(25)35(31)32/h6-7,9-11,13,18,23,26,31-35,39-41,44-46H,8,12,14-17,19-22H2,1-5H3/t31?,32-,33?,34+,35?,38+/m1/s1. The van der Waals surface area contributed by atoms with E-state index in [9.17, 15) is 15.4 Å². The van der Waals surface area contributed by atoms with Crippen LogP contribution in [0.4, 0.5) is 0 Å². The third-order valence-electron chi connectivity index (χ3n) is 12.5. The van der Waals surface area contributed by atoms with E-state index in [2.05, 4.69) is 87.4 Å². The molecule has 0 aromatic heterocycles. The monoisotopic (exact) mass is 645 g/mol. The Kier molecular flexibility index (Phi) is 8.53. The number of nitrogens with zero attached hydrogens (tertiary/aromatic N) is 2. The summed E-state index contributed by atoms with van der Waals surface area (Å²) in [7, 11) is 0. The van der Waals surface area contributed by atoms with Crippen LogP contribution in [0.15, 0.2) is 54.4 Å². The maximum Gasteiger partial charge on any atom is 0.119 e. The lowest BCUT2D eigenvalue weighted by atomic mass is 9.51. The van der Waals surface area contributed by atoms with Crippen LogP contribution in [0, 0.1) is 17.3 Å². The van der Waals surface area contributed by atoms with Crippen molar-refractivity contribution in [2.75, 3.05) is 19.7 Å². The van der Waals surface area contributed by atoms with Crippen molar-refractivity contribution in [1.29, 1.82) is 0 Å². The highest BCUT2D eigenvalue weighted by molar-refractivity contribution is 5.44. The van der Waals surface area contributed by atoms with Crippen LogP contribution in [0.5, 0.6) is 11.5 Å². The summed E-state index contributed by atoms with van der Waals surface area (Å²) in [5, 5.41) is 39.2. The number of ether oxygens (including phenoxy) is 1. The van der Waals surface area contributed by atoms with Gasteiger partial charge in [-0.05, 0) is 143 Å². The quantitative estimate of drug-likeness (QED) is 0.220. The van der Waals surface area contributed by atoms with Crippen LogP contribution in [0.1, 0.15) is 102 Å². The summed E-state index contributed by atoms with van der Waals surface area (Å²) in [6.45, 7) is 12.7. The number of benzene rings is 2. The van der Waals surface area contributed by atoms with Gasteiger partial charge in [-0.2, -0.15) is 5.06 Å². The second-order valence-electron chi connectivity index (χ2n) is 16.6. The highest BCUT2D eigenvalue weighted by atomic mass is 16.5. The van der Waals surface area contributed by atoms with Crippen molar-refractivity contribution in [3.8, 4) is 11.5 Å². The molecule has 2 aromatic carbocycles. The van der Waals surface area contributed by atoms with Crippen LogP contribution in [0.25, 0.3) is 0 Å². The van der Waals surface area contributed by atoms with E-state index in [0.29, 0.717) is 48.6 Å². The lowest BCUT2D eigenvalue weighted by Gasteiger charge is -2.54. The SMILES string of the molecule is CC1(C)CC(NCC2=CN(CCOc3ccc([C@H]4C[C@@]5(C)C(CC[C@@H]5O)C5CCc6cc(O)ccc6C54)cc3)NN2)CC(C)(C)N1O. The Labute approximate surface area is 280 Å². The first-order chi connectivity index (χ1) is 22.3. The Morgan fingerprint density at radius 2 is 1.70 bits per heavy atom. The summed E-state index contributed by atoms with van der Waals surface area (Å²) in [4.78, 5) is 0. The topological polar surface area (TPSA) is 112 Å². The Hall–Kier alpha value is -2.82. The van der Waals surface area contributed by atoms with Gasteiger partial charge in [0.25, 0.3) is 0 Å². The number of hydrazine groups is 2. The van der Waals surface area contributed by atoms with Crippen LogP contribution in [0.3, 0.4) is 0 Å². The van der Waals surface area contributed by atoms with Crippen molar-refractivity contribution < 1.29 is 20.2 Å². The number of rotatable bonds is 8. The summed E-state index contributed by atoms with van der Waals surface area (Å²) >= 11 is 0. The van der Waals surface area contributed by atoms with Gasteiger partial charge in [-0.15, -0.1) is 5.53 Å². The van der Waals surface area contributed by atoms with Gasteiger partial charge in [0.2, 0.25) is 0 Å². The molecule has 6 atom stereocenters. The fourth-order valence-electron chi connectivity index (χ4n) is 10.3. The summed E-state index contributed by atoms with van der Waals surface area (Å²) < 4.78 is 6.19. The van der Waals surface area contributed by atoms with Gasteiger partial charge in [0.1, 0.15) is 18.1 Å². The Morgan fingerprint density at radius 3 is 2.45 bits per heavy atom. The van der Waals surface area contributed by atoms with Gasteiger partial charge in [-0.1, -0.05) is 25.1 Å². The van der Waals surface area contributed by atoms with Gasteiger partial charge < -0.3 is 30.9 Å². The summed E-state index contributed by atoms with van der Waals surface area (Å²) in [6.07, 6.45) is 8.73. The molecule has 2 aliphatic heterocycles. The van der Waals surface area contributed by atoms with Crippen molar-refractivity contribution in [2.45, 2.75) is 115 Å². The van der Waals surface area contributed by atoms with Crippen molar-refractivity contribution in [3.05, 3.63) is 71.1 Å². The van der Waals surface area contributed by atoms with Gasteiger partial charge in [0, 0.05) is 29.9 Å². The van der Waals surface area contributed by atoms with E-state index in [1.165, 1.54) is 21.8 Å². The first-order valence-corrected chi connectivity index (χ1v) is 17.8. The number of piperidine rings is 1. The Morgan fingerprint density at radius 1 is 0.957 bits per heavy atom. The van der Waals surface area contributed by atoms with Crippen LogP contribution < -0.4 is 21.0 Å². The second kappa shape index (κ2) is 12.3.